The lowest BCUT2D eigenvalue weighted by Gasteiger charge is -2.17. The van der Waals surface area contributed by atoms with E-state index in [4.69, 9.17) is 9.47 Å². The van der Waals surface area contributed by atoms with Crippen LogP contribution in [0.15, 0.2) is 18.2 Å². The highest BCUT2D eigenvalue weighted by Gasteiger charge is 2.15. The number of nitrogens with one attached hydrogen (secondary N) is 1. The minimum Gasteiger partial charge on any atom is -0.481 e. The van der Waals surface area contributed by atoms with Gasteiger partial charge in [-0.1, -0.05) is 6.07 Å². The monoisotopic (exact) mass is 281 g/mol. The molecule has 0 bridgehead atoms. The minimum absolute atomic E-state index is 0.180. The van der Waals surface area contributed by atoms with E-state index in [9.17, 15) is 9.90 Å². The molecule has 0 aliphatic heterocycles. The average Bonchev–Trinajstić information content (AvgIpc) is 2.40. The van der Waals surface area contributed by atoms with Gasteiger partial charge in [-0.25, -0.2) is 0 Å². The van der Waals surface area contributed by atoms with E-state index >= 15 is 0 Å². The number of benzene rings is 1. The number of rotatable bonds is 7. The first-order chi connectivity index (χ1) is 9.45. The number of hydrogen-bond donors (Lipinski definition) is 2. The summed E-state index contributed by atoms with van der Waals surface area (Å²) in [5.41, 5.74) is 1.71. The molecule has 0 aliphatic carbocycles. The predicted octanol–water partition coefficient (Wildman–Crippen LogP) is 1.58. The molecule has 5 heteroatoms. The highest BCUT2D eigenvalue weighted by Crippen LogP contribution is 2.23. The molecule has 5 nitrogen and oxygen atoms in total. The third-order valence-corrected chi connectivity index (χ3v) is 2.96. The zero-order valence-electron chi connectivity index (χ0n) is 12.5. The predicted molar refractivity (Wildman–Crippen MR) is 76.8 cm³/mol. The number of aliphatic hydroxyl groups is 1. The molecule has 0 spiro atoms. The second-order valence-corrected chi connectivity index (χ2v) is 4.74. The fourth-order valence-electron chi connectivity index (χ4n) is 1.73. The first-order valence-corrected chi connectivity index (χ1v) is 6.67. The van der Waals surface area contributed by atoms with Crippen molar-refractivity contribution in [3.05, 3.63) is 29.3 Å². The quantitative estimate of drug-likeness (QED) is 0.745. The first kappa shape index (κ1) is 16.5. The number of carbonyl (C=O) groups is 1. The summed E-state index contributed by atoms with van der Waals surface area (Å²) in [6.07, 6.45) is -1.10. The molecule has 1 aromatic rings. The van der Waals surface area contributed by atoms with Crippen molar-refractivity contribution in [2.24, 2.45) is 0 Å². The molecule has 0 saturated heterocycles. The Hall–Kier alpha value is -1.59. The van der Waals surface area contributed by atoms with Gasteiger partial charge < -0.3 is 19.9 Å². The van der Waals surface area contributed by atoms with E-state index in [1.807, 2.05) is 13.0 Å². The largest absolute Gasteiger partial charge is 0.481 e. The smallest absolute Gasteiger partial charge is 0.260 e. The molecular formula is C15H23NO4. The van der Waals surface area contributed by atoms with E-state index in [1.165, 1.54) is 0 Å². The van der Waals surface area contributed by atoms with Crippen molar-refractivity contribution in [2.45, 2.75) is 33.0 Å². The normalized spacial score (nSPS) is 13.7. The van der Waals surface area contributed by atoms with Crippen molar-refractivity contribution in [3.8, 4) is 5.75 Å². The summed E-state index contributed by atoms with van der Waals surface area (Å²) in [5, 5.41) is 12.2. The van der Waals surface area contributed by atoms with Crippen LogP contribution in [0.2, 0.25) is 0 Å². The number of methoxy groups -OCH3 is 1. The van der Waals surface area contributed by atoms with Gasteiger partial charge in [-0.15, -0.1) is 0 Å². The summed E-state index contributed by atoms with van der Waals surface area (Å²) in [6.45, 7) is 6.23. The molecule has 1 rings (SSSR count). The molecule has 1 amide bonds. The molecule has 112 valence electrons. The Morgan fingerprint density at radius 1 is 1.40 bits per heavy atom. The summed E-state index contributed by atoms with van der Waals surface area (Å²) < 4.78 is 10.5. The maximum atomic E-state index is 11.8. The Labute approximate surface area is 119 Å². The SMILES string of the molecule is COCCNC(=O)C(C)Oc1ccc([C@H](C)O)cc1C. The molecule has 0 aromatic heterocycles. The van der Waals surface area contributed by atoms with Crippen molar-refractivity contribution in [2.75, 3.05) is 20.3 Å². The zero-order chi connectivity index (χ0) is 15.1. The molecule has 0 fully saturated rings. The van der Waals surface area contributed by atoms with E-state index in [-0.39, 0.29) is 5.91 Å². The Kier molecular flexibility index (Phi) is 6.48. The van der Waals surface area contributed by atoms with Gasteiger partial charge in [0.2, 0.25) is 0 Å². The molecule has 0 radical (unpaired) electrons. The van der Waals surface area contributed by atoms with Crippen molar-refractivity contribution >= 4 is 5.91 Å². The van der Waals surface area contributed by atoms with Gasteiger partial charge in [-0.3, -0.25) is 4.79 Å². The highest BCUT2D eigenvalue weighted by molar-refractivity contribution is 5.80. The topological polar surface area (TPSA) is 67.8 Å². The number of hydrogen-bond acceptors (Lipinski definition) is 4. The lowest BCUT2D eigenvalue weighted by molar-refractivity contribution is -0.127. The highest BCUT2D eigenvalue weighted by atomic mass is 16.5. The van der Waals surface area contributed by atoms with Crippen LogP contribution in [0.25, 0.3) is 0 Å². The third kappa shape index (κ3) is 4.83. The fourth-order valence-corrected chi connectivity index (χ4v) is 1.73. The van der Waals surface area contributed by atoms with Gasteiger partial charge in [0.1, 0.15) is 5.75 Å². The van der Waals surface area contributed by atoms with Crippen LogP contribution in [0, 0.1) is 6.92 Å². The van der Waals surface area contributed by atoms with Crippen LogP contribution in [-0.2, 0) is 9.53 Å². The van der Waals surface area contributed by atoms with Gasteiger partial charge in [-0.05, 0) is 44.0 Å². The van der Waals surface area contributed by atoms with Gasteiger partial charge in [-0.2, -0.15) is 0 Å². The number of carbonyl (C=O) groups excluding carboxylic acids is 1. The Bertz CT molecular complexity index is 445. The molecule has 2 atom stereocenters. The molecule has 1 aromatic carbocycles. The molecular weight excluding hydrogens is 258 g/mol. The second kappa shape index (κ2) is 7.87. The summed E-state index contributed by atoms with van der Waals surface area (Å²) in [7, 11) is 1.58. The maximum Gasteiger partial charge on any atom is 0.260 e. The minimum atomic E-state index is -0.581. The van der Waals surface area contributed by atoms with Crippen LogP contribution in [0.1, 0.15) is 31.1 Å². The summed E-state index contributed by atoms with van der Waals surface area (Å²) >= 11 is 0. The van der Waals surface area contributed by atoms with Crippen LogP contribution in [0.5, 0.6) is 5.75 Å². The van der Waals surface area contributed by atoms with Crippen LogP contribution in [0.4, 0.5) is 0 Å². The molecule has 0 heterocycles. The van der Waals surface area contributed by atoms with E-state index < -0.39 is 12.2 Å². The number of ether oxygens (including phenoxy) is 2. The van der Waals surface area contributed by atoms with Gasteiger partial charge in [0.05, 0.1) is 12.7 Å². The van der Waals surface area contributed by atoms with Crippen LogP contribution >= 0.6 is 0 Å². The lowest BCUT2D eigenvalue weighted by Crippen LogP contribution is -2.38. The number of aryl methyl sites for hydroxylation is 1. The lowest BCUT2D eigenvalue weighted by atomic mass is 10.1. The van der Waals surface area contributed by atoms with Crippen LogP contribution in [0.3, 0.4) is 0 Å². The summed E-state index contributed by atoms with van der Waals surface area (Å²) in [5.74, 6) is 0.463. The van der Waals surface area contributed by atoms with Gasteiger partial charge in [0, 0.05) is 13.7 Å². The Morgan fingerprint density at radius 2 is 2.10 bits per heavy atom. The van der Waals surface area contributed by atoms with E-state index in [0.717, 1.165) is 11.1 Å². The van der Waals surface area contributed by atoms with Crippen molar-refractivity contribution in [1.29, 1.82) is 0 Å². The molecule has 1 unspecified atom stereocenters. The van der Waals surface area contributed by atoms with Gasteiger partial charge in [0.25, 0.3) is 5.91 Å². The molecule has 0 saturated carbocycles. The van der Waals surface area contributed by atoms with E-state index in [0.29, 0.717) is 18.9 Å². The molecule has 2 N–H and O–H groups in total. The Morgan fingerprint density at radius 3 is 2.65 bits per heavy atom. The summed E-state index contributed by atoms with van der Waals surface area (Å²) in [6, 6.07) is 5.43. The number of amides is 1. The Balaban J connectivity index is 2.61. The third-order valence-electron chi connectivity index (χ3n) is 2.96. The van der Waals surface area contributed by atoms with E-state index in [2.05, 4.69) is 5.32 Å². The fraction of sp³-hybridized carbons (Fsp3) is 0.533. The molecule has 0 aliphatic rings. The van der Waals surface area contributed by atoms with Crippen molar-refractivity contribution in [1.82, 2.24) is 5.32 Å². The average molecular weight is 281 g/mol. The summed E-state index contributed by atoms with van der Waals surface area (Å²) in [4.78, 5) is 11.8. The maximum absolute atomic E-state index is 11.8. The standard InChI is InChI=1S/C15H23NO4/c1-10-9-13(11(2)17)5-6-14(10)20-12(3)15(18)16-7-8-19-4/h5-6,9,11-12,17H,7-8H2,1-4H3,(H,16,18)/t11-,12?/m0/s1. The first-order valence-electron chi connectivity index (χ1n) is 6.67. The zero-order valence-corrected chi connectivity index (χ0v) is 12.5. The van der Waals surface area contributed by atoms with Crippen LogP contribution in [-0.4, -0.2) is 37.4 Å². The molecule has 20 heavy (non-hydrogen) atoms. The second-order valence-electron chi connectivity index (χ2n) is 4.74. The van der Waals surface area contributed by atoms with Gasteiger partial charge >= 0.3 is 0 Å². The van der Waals surface area contributed by atoms with Crippen molar-refractivity contribution in [3.63, 3.8) is 0 Å². The van der Waals surface area contributed by atoms with Crippen LogP contribution < -0.4 is 10.1 Å². The number of aliphatic hydroxyl groups excluding tert-OH is 1. The van der Waals surface area contributed by atoms with E-state index in [1.54, 1.807) is 33.1 Å². The van der Waals surface area contributed by atoms with Crippen molar-refractivity contribution < 1.29 is 19.4 Å². The van der Waals surface area contributed by atoms with Gasteiger partial charge in [0.15, 0.2) is 6.10 Å².